The van der Waals surface area contributed by atoms with Crippen LogP contribution in [-0.4, -0.2) is 69.9 Å². The van der Waals surface area contributed by atoms with Gasteiger partial charge in [0, 0.05) is 32.7 Å². The summed E-state index contributed by atoms with van der Waals surface area (Å²) in [5.74, 6) is -1.62. The molecular weight excluding hydrogens is 428 g/mol. The van der Waals surface area contributed by atoms with Crippen molar-refractivity contribution in [3.63, 3.8) is 0 Å². The second-order valence-corrected chi connectivity index (χ2v) is 9.05. The summed E-state index contributed by atoms with van der Waals surface area (Å²) in [6, 6.07) is 10.5. The van der Waals surface area contributed by atoms with Crippen LogP contribution in [-0.2, 0) is 21.2 Å². The van der Waals surface area contributed by atoms with Crippen molar-refractivity contribution in [1.82, 2.24) is 14.5 Å². The molecule has 7 nitrogen and oxygen atoms in total. The molecule has 1 N–H and O–H groups in total. The second kappa shape index (κ2) is 10.2. The molecule has 0 radical (unpaired) electrons. The van der Waals surface area contributed by atoms with E-state index < -0.39 is 26.6 Å². The Morgan fingerprint density at radius 1 is 1.03 bits per heavy atom. The van der Waals surface area contributed by atoms with Crippen molar-refractivity contribution in [1.29, 1.82) is 0 Å². The third kappa shape index (κ3) is 5.78. The van der Waals surface area contributed by atoms with Crippen molar-refractivity contribution in [2.24, 2.45) is 0 Å². The Kier molecular flexibility index (Phi) is 7.58. The number of sulfonamides is 1. The van der Waals surface area contributed by atoms with Crippen molar-refractivity contribution in [2.45, 2.75) is 11.3 Å². The van der Waals surface area contributed by atoms with Gasteiger partial charge in [0.05, 0.1) is 13.7 Å². The van der Waals surface area contributed by atoms with Crippen molar-refractivity contribution in [2.75, 3.05) is 46.4 Å². The third-order valence-electron chi connectivity index (χ3n) is 5.11. The van der Waals surface area contributed by atoms with E-state index in [4.69, 9.17) is 4.74 Å². The first-order valence-corrected chi connectivity index (χ1v) is 11.3. The van der Waals surface area contributed by atoms with Crippen LogP contribution in [0.2, 0.25) is 0 Å². The average molecular weight is 454 g/mol. The average Bonchev–Trinajstić information content (AvgIpc) is 2.74. The van der Waals surface area contributed by atoms with Crippen LogP contribution < -0.4 is 10.1 Å². The molecule has 0 spiro atoms. The monoisotopic (exact) mass is 453 g/mol. The molecule has 2 aromatic carbocycles. The number of hydrogen-bond acceptors (Lipinski definition) is 5. The Labute approximate surface area is 180 Å². The molecule has 1 amide bonds. The van der Waals surface area contributed by atoms with E-state index in [-0.39, 0.29) is 25.5 Å². The van der Waals surface area contributed by atoms with Gasteiger partial charge in [0.15, 0.2) is 4.90 Å². The van der Waals surface area contributed by atoms with Crippen LogP contribution in [0.1, 0.15) is 5.56 Å². The second-order valence-electron chi connectivity index (χ2n) is 7.18. The summed E-state index contributed by atoms with van der Waals surface area (Å²) in [5, 5.41) is 2.85. The molecule has 0 aliphatic carbocycles. The minimum absolute atomic E-state index is 0.0508. The summed E-state index contributed by atoms with van der Waals surface area (Å²) in [6.45, 7) is 1.30. The normalized spacial score (nSPS) is 15.6. The van der Waals surface area contributed by atoms with Crippen molar-refractivity contribution in [3.05, 3.63) is 59.7 Å². The van der Waals surface area contributed by atoms with E-state index in [1.165, 1.54) is 0 Å². The number of benzene rings is 2. The van der Waals surface area contributed by atoms with Crippen LogP contribution in [0.5, 0.6) is 5.75 Å². The molecule has 1 aliphatic heterocycles. The lowest BCUT2D eigenvalue weighted by molar-refractivity contribution is -0.122. The quantitative estimate of drug-likeness (QED) is 0.658. The molecule has 1 fully saturated rings. The first-order chi connectivity index (χ1) is 14.8. The Balaban J connectivity index is 1.45. The molecule has 10 heteroatoms. The van der Waals surface area contributed by atoms with Crippen LogP contribution in [0, 0.1) is 11.6 Å². The molecule has 1 heterocycles. The molecule has 31 heavy (non-hydrogen) atoms. The molecular formula is C21H25F2N3O4S. The molecule has 0 saturated carbocycles. The van der Waals surface area contributed by atoms with Gasteiger partial charge < -0.3 is 10.1 Å². The number of carbonyl (C=O) groups excluding carboxylic acids is 1. The number of ether oxygens (including phenoxy) is 1. The van der Waals surface area contributed by atoms with Crippen LogP contribution >= 0.6 is 0 Å². The van der Waals surface area contributed by atoms with Crippen LogP contribution in [0.4, 0.5) is 8.78 Å². The highest BCUT2D eigenvalue weighted by Crippen LogP contribution is 2.23. The van der Waals surface area contributed by atoms with Crippen molar-refractivity contribution < 1.29 is 26.7 Å². The SMILES string of the molecule is COc1ccc(CCNC(=O)CN2CCN(S(=O)(=O)c3c(F)cccc3F)CC2)cc1. The molecule has 2 aromatic rings. The highest BCUT2D eigenvalue weighted by Gasteiger charge is 2.33. The summed E-state index contributed by atoms with van der Waals surface area (Å²) in [7, 11) is -2.68. The maximum atomic E-state index is 13.9. The number of nitrogens with one attached hydrogen (secondary N) is 1. The highest BCUT2D eigenvalue weighted by molar-refractivity contribution is 7.89. The van der Waals surface area contributed by atoms with Gasteiger partial charge in [-0.25, -0.2) is 17.2 Å². The van der Waals surface area contributed by atoms with Crippen LogP contribution in [0.25, 0.3) is 0 Å². The Morgan fingerprint density at radius 3 is 2.23 bits per heavy atom. The zero-order valence-corrected chi connectivity index (χ0v) is 18.0. The van der Waals surface area contributed by atoms with Gasteiger partial charge in [-0.2, -0.15) is 4.31 Å². The van der Waals surface area contributed by atoms with E-state index in [9.17, 15) is 22.0 Å². The minimum atomic E-state index is -4.28. The maximum absolute atomic E-state index is 13.9. The van der Waals surface area contributed by atoms with Gasteiger partial charge in [-0.1, -0.05) is 18.2 Å². The largest absolute Gasteiger partial charge is 0.497 e. The molecule has 0 atom stereocenters. The van der Waals surface area contributed by atoms with Crippen LogP contribution in [0.15, 0.2) is 47.4 Å². The Hall–Kier alpha value is -2.56. The summed E-state index contributed by atoms with van der Waals surface area (Å²) in [6.07, 6.45) is 0.677. The fourth-order valence-corrected chi connectivity index (χ4v) is 4.91. The van der Waals surface area contributed by atoms with E-state index in [2.05, 4.69) is 5.32 Å². The standard InChI is InChI=1S/C21H25F2N3O4S/c1-30-17-7-5-16(6-8-17)9-10-24-20(27)15-25-11-13-26(14-12-25)31(28,29)21-18(22)3-2-4-19(21)23/h2-8H,9-15H2,1H3,(H,24,27). The van der Waals surface area contributed by atoms with E-state index in [1.54, 1.807) is 7.11 Å². The van der Waals surface area contributed by atoms with Crippen LogP contribution in [0.3, 0.4) is 0 Å². The Bertz CT molecular complexity index is 988. The lowest BCUT2D eigenvalue weighted by Gasteiger charge is -2.33. The molecule has 0 unspecified atom stereocenters. The molecule has 0 bridgehead atoms. The summed E-state index contributed by atoms with van der Waals surface area (Å²) >= 11 is 0. The van der Waals surface area contributed by atoms with Crippen molar-refractivity contribution in [3.8, 4) is 5.75 Å². The zero-order valence-electron chi connectivity index (χ0n) is 17.2. The highest BCUT2D eigenvalue weighted by atomic mass is 32.2. The number of piperazine rings is 1. The lowest BCUT2D eigenvalue weighted by Crippen LogP contribution is -2.51. The fourth-order valence-electron chi connectivity index (χ4n) is 3.38. The van der Waals surface area contributed by atoms with Gasteiger partial charge in [0.25, 0.3) is 0 Å². The predicted molar refractivity (Wildman–Crippen MR) is 111 cm³/mol. The van der Waals surface area contributed by atoms with E-state index in [0.717, 1.165) is 33.8 Å². The van der Waals surface area contributed by atoms with Gasteiger partial charge in [-0.05, 0) is 36.2 Å². The lowest BCUT2D eigenvalue weighted by atomic mass is 10.1. The molecule has 1 aliphatic rings. The number of halogens is 2. The van der Waals surface area contributed by atoms with Gasteiger partial charge in [0.2, 0.25) is 15.9 Å². The number of carbonyl (C=O) groups is 1. The maximum Gasteiger partial charge on any atom is 0.249 e. The molecule has 0 aromatic heterocycles. The minimum Gasteiger partial charge on any atom is -0.497 e. The smallest absolute Gasteiger partial charge is 0.249 e. The first kappa shape index (κ1) is 23.1. The summed E-state index contributed by atoms with van der Waals surface area (Å²) in [5.41, 5.74) is 1.07. The number of methoxy groups -OCH3 is 1. The zero-order chi connectivity index (χ0) is 22.4. The molecule has 1 saturated heterocycles. The molecule has 168 valence electrons. The third-order valence-corrected chi connectivity index (χ3v) is 7.06. The fraction of sp³-hybridized carbons (Fsp3) is 0.381. The van der Waals surface area contributed by atoms with Gasteiger partial charge >= 0.3 is 0 Å². The van der Waals surface area contributed by atoms with E-state index in [0.29, 0.717) is 26.1 Å². The number of nitrogens with zero attached hydrogens (tertiary/aromatic N) is 2. The van der Waals surface area contributed by atoms with Gasteiger partial charge in [-0.3, -0.25) is 9.69 Å². The number of hydrogen-bond donors (Lipinski definition) is 1. The van der Waals surface area contributed by atoms with Gasteiger partial charge in [0.1, 0.15) is 17.4 Å². The first-order valence-electron chi connectivity index (χ1n) is 9.87. The van der Waals surface area contributed by atoms with E-state index in [1.807, 2.05) is 29.2 Å². The van der Waals surface area contributed by atoms with E-state index >= 15 is 0 Å². The number of amides is 1. The topological polar surface area (TPSA) is 79.0 Å². The predicted octanol–water partition coefficient (Wildman–Crippen LogP) is 1.64. The van der Waals surface area contributed by atoms with Gasteiger partial charge in [-0.15, -0.1) is 0 Å². The van der Waals surface area contributed by atoms with Crippen molar-refractivity contribution >= 4 is 15.9 Å². The number of rotatable bonds is 8. The molecule has 3 rings (SSSR count). The summed E-state index contributed by atoms with van der Waals surface area (Å²) in [4.78, 5) is 13.1. The Morgan fingerprint density at radius 2 is 1.65 bits per heavy atom. The summed E-state index contributed by atoms with van der Waals surface area (Å²) < 4.78 is 59.2.